The first-order valence-corrected chi connectivity index (χ1v) is 11.9. The number of carbonyl (C=O) groups excluding carboxylic acids is 2. The van der Waals surface area contributed by atoms with E-state index in [4.69, 9.17) is 11.6 Å². The average Bonchev–Trinajstić information content (AvgIpc) is 2.83. The van der Waals surface area contributed by atoms with Crippen LogP contribution >= 0.6 is 11.6 Å². The van der Waals surface area contributed by atoms with Crippen LogP contribution < -0.4 is 5.32 Å². The highest BCUT2D eigenvalue weighted by Crippen LogP contribution is 2.18. The molecular formula is C28H30ClFN2O2. The van der Waals surface area contributed by atoms with Crippen molar-refractivity contribution in [2.75, 3.05) is 6.54 Å². The molecule has 0 saturated heterocycles. The number of amides is 2. The fourth-order valence-corrected chi connectivity index (χ4v) is 3.98. The smallest absolute Gasteiger partial charge is 0.243 e. The Morgan fingerprint density at radius 2 is 1.65 bits per heavy atom. The van der Waals surface area contributed by atoms with Gasteiger partial charge in [0.2, 0.25) is 11.8 Å². The number of nitrogens with zero attached hydrogens (tertiary/aromatic N) is 1. The lowest BCUT2D eigenvalue weighted by molar-refractivity contribution is -0.140. The first kappa shape index (κ1) is 25.4. The van der Waals surface area contributed by atoms with Gasteiger partial charge in [-0.15, -0.1) is 0 Å². The molecule has 0 heterocycles. The van der Waals surface area contributed by atoms with Crippen molar-refractivity contribution >= 4 is 23.4 Å². The van der Waals surface area contributed by atoms with Crippen molar-refractivity contribution in [1.82, 2.24) is 10.2 Å². The zero-order valence-electron chi connectivity index (χ0n) is 19.3. The molecule has 178 valence electrons. The zero-order chi connectivity index (χ0) is 24.3. The molecule has 2 amide bonds. The summed E-state index contributed by atoms with van der Waals surface area (Å²) >= 11 is 6.12. The van der Waals surface area contributed by atoms with Crippen molar-refractivity contribution in [3.8, 4) is 0 Å². The normalized spacial score (nSPS) is 11.6. The molecule has 0 fully saturated rings. The quantitative estimate of drug-likeness (QED) is 0.364. The predicted octanol–water partition coefficient (Wildman–Crippen LogP) is 5.58. The topological polar surface area (TPSA) is 49.4 Å². The third-order valence-electron chi connectivity index (χ3n) is 5.61. The maximum atomic E-state index is 13.6. The minimum absolute atomic E-state index is 0.106. The number of nitrogens with one attached hydrogen (secondary N) is 1. The number of rotatable bonds is 11. The second-order valence-corrected chi connectivity index (χ2v) is 8.74. The minimum atomic E-state index is -0.712. The molecular weight excluding hydrogens is 451 g/mol. The lowest BCUT2D eigenvalue weighted by atomic mass is 10.0. The number of halogens is 2. The van der Waals surface area contributed by atoms with Crippen molar-refractivity contribution in [2.24, 2.45) is 0 Å². The Kier molecular flexibility index (Phi) is 9.65. The van der Waals surface area contributed by atoms with Gasteiger partial charge < -0.3 is 10.2 Å². The Hall–Kier alpha value is -3.18. The molecule has 1 N–H and O–H groups in total. The van der Waals surface area contributed by atoms with Crippen LogP contribution in [0.5, 0.6) is 0 Å². The Morgan fingerprint density at radius 1 is 0.941 bits per heavy atom. The van der Waals surface area contributed by atoms with E-state index in [0.29, 0.717) is 18.0 Å². The summed E-state index contributed by atoms with van der Waals surface area (Å²) in [6.45, 7) is 2.80. The summed E-state index contributed by atoms with van der Waals surface area (Å²) in [6.07, 6.45) is 2.30. The molecule has 0 aliphatic rings. The van der Waals surface area contributed by atoms with Crippen molar-refractivity contribution in [2.45, 2.75) is 45.2 Å². The monoisotopic (exact) mass is 480 g/mol. The molecule has 34 heavy (non-hydrogen) atoms. The van der Waals surface area contributed by atoms with Crippen molar-refractivity contribution in [3.05, 3.63) is 106 Å². The van der Waals surface area contributed by atoms with E-state index in [0.717, 1.165) is 29.5 Å². The van der Waals surface area contributed by atoms with Gasteiger partial charge in [-0.1, -0.05) is 79.5 Å². The lowest BCUT2D eigenvalue weighted by Crippen LogP contribution is -2.51. The minimum Gasteiger partial charge on any atom is -0.354 e. The van der Waals surface area contributed by atoms with Crippen LogP contribution in [0.1, 0.15) is 36.5 Å². The maximum absolute atomic E-state index is 13.6. The van der Waals surface area contributed by atoms with Gasteiger partial charge in [0.05, 0.1) is 6.42 Å². The number of hydrogen-bond donors (Lipinski definition) is 1. The summed E-state index contributed by atoms with van der Waals surface area (Å²) in [6, 6.07) is 22.1. The van der Waals surface area contributed by atoms with E-state index >= 15 is 0 Å². The highest BCUT2D eigenvalue weighted by molar-refractivity contribution is 6.30. The van der Waals surface area contributed by atoms with Gasteiger partial charge in [-0.25, -0.2) is 4.39 Å². The second-order valence-electron chi connectivity index (χ2n) is 8.30. The summed E-state index contributed by atoms with van der Waals surface area (Å²) in [5, 5.41) is 3.54. The van der Waals surface area contributed by atoms with Crippen LogP contribution in [-0.4, -0.2) is 29.3 Å². The summed E-state index contributed by atoms with van der Waals surface area (Å²) in [7, 11) is 0. The average molecular weight is 481 g/mol. The van der Waals surface area contributed by atoms with Crippen LogP contribution in [0.4, 0.5) is 4.39 Å². The summed E-state index contributed by atoms with van der Waals surface area (Å²) in [5.41, 5.74) is 2.48. The van der Waals surface area contributed by atoms with Crippen LogP contribution in [0.3, 0.4) is 0 Å². The number of carbonyl (C=O) groups is 2. The van der Waals surface area contributed by atoms with E-state index < -0.39 is 6.04 Å². The number of benzene rings is 3. The van der Waals surface area contributed by atoms with E-state index in [9.17, 15) is 14.0 Å². The first-order valence-electron chi connectivity index (χ1n) is 11.6. The number of hydrogen-bond acceptors (Lipinski definition) is 2. The number of unbranched alkanes of at least 4 members (excludes halogenated alkanes) is 1. The molecule has 0 bridgehead atoms. The molecule has 0 spiro atoms. The van der Waals surface area contributed by atoms with Crippen LogP contribution in [0, 0.1) is 5.82 Å². The molecule has 0 aromatic heterocycles. The summed E-state index contributed by atoms with van der Waals surface area (Å²) in [4.78, 5) is 28.5. The van der Waals surface area contributed by atoms with E-state index in [-0.39, 0.29) is 30.6 Å². The third-order valence-corrected chi connectivity index (χ3v) is 5.85. The van der Waals surface area contributed by atoms with Gasteiger partial charge in [-0.2, -0.15) is 0 Å². The van der Waals surface area contributed by atoms with Gasteiger partial charge in [0.1, 0.15) is 11.9 Å². The van der Waals surface area contributed by atoms with Gasteiger partial charge in [-0.3, -0.25) is 9.59 Å². The highest BCUT2D eigenvalue weighted by atomic mass is 35.5. The summed E-state index contributed by atoms with van der Waals surface area (Å²) < 4.78 is 13.5. The molecule has 4 nitrogen and oxygen atoms in total. The standard InChI is InChI=1S/C28H30ClFN2O2/c1-2-3-16-31-28(34)26(18-21-8-5-4-6-9-21)32(20-22-12-14-25(30)15-13-22)27(33)19-23-10-7-11-24(29)17-23/h4-15,17,26H,2-3,16,18-20H2,1H3,(H,31,34)/t26-/m1/s1. The van der Waals surface area contributed by atoms with Gasteiger partial charge in [0, 0.05) is 24.5 Å². The Bertz CT molecular complexity index is 1070. The van der Waals surface area contributed by atoms with Gasteiger partial charge in [0.15, 0.2) is 0 Å². The van der Waals surface area contributed by atoms with E-state index in [2.05, 4.69) is 12.2 Å². The molecule has 3 aromatic carbocycles. The van der Waals surface area contributed by atoms with Gasteiger partial charge >= 0.3 is 0 Å². The zero-order valence-corrected chi connectivity index (χ0v) is 20.1. The highest BCUT2D eigenvalue weighted by Gasteiger charge is 2.30. The third kappa shape index (κ3) is 7.70. The van der Waals surface area contributed by atoms with Gasteiger partial charge in [-0.05, 0) is 47.4 Å². The molecule has 0 aliphatic carbocycles. The molecule has 0 aliphatic heterocycles. The van der Waals surface area contributed by atoms with Crippen LogP contribution in [0.15, 0.2) is 78.9 Å². The van der Waals surface area contributed by atoms with Gasteiger partial charge in [0.25, 0.3) is 0 Å². The Labute approximate surface area is 205 Å². The Balaban J connectivity index is 1.93. The van der Waals surface area contributed by atoms with E-state index in [1.54, 1.807) is 35.2 Å². The van der Waals surface area contributed by atoms with E-state index in [1.165, 1.54) is 12.1 Å². The van der Waals surface area contributed by atoms with Crippen molar-refractivity contribution in [1.29, 1.82) is 0 Å². The molecule has 0 unspecified atom stereocenters. The van der Waals surface area contributed by atoms with Crippen LogP contribution in [0.2, 0.25) is 5.02 Å². The molecule has 3 aromatic rings. The largest absolute Gasteiger partial charge is 0.354 e. The van der Waals surface area contributed by atoms with Crippen LogP contribution in [-0.2, 0) is 29.0 Å². The van der Waals surface area contributed by atoms with E-state index in [1.807, 2.05) is 36.4 Å². The second kappa shape index (κ2) is 12.9. The van der Waals surface area contributed by atoms with Crippen LogP contribution in [0.25, 0.3) is 0 Å². The molecule has 3 rings (SSSR count). The lowest BCUT2D eigenvalue weighted by Gasteiger charge is -2.31. The first-order chi connectivity index (χ1) is 16.5. The van der Waals surface area contributed by atoms with Crippen molar-refractivity contribution < 1.29 is 14.0 Å². The molecule has 1 atom stereocenters. The summed E-state index contributed by atoms with van der Waals surface area (Å²) in [5.74, 6) is -0.740. The van der Waals surface area contributed by atoms with Crippen molar-refractivity contribution in [3.63, 3.8) is 0 Å². The molecule has 0 radical (unpaired) electrons. The fourth-order valence-electron chi connectivity index (χ4n) is 3.77. The maximum Gasteiger partial charge on any atom is 0.243 e. The molecule has 6 heteroatoms. The molecule has 0 saturated carbocycles. The predicted molar refractivity (Wildman–Crippen MR) is 134 cm³/mol. The Morgan fingerprint density at radius 3 is 2.32 bits per heavy atom. The SMILES string of the molecule is CCCCNC(=O)[C@@H](Cc1ccccc1)N(Cc1ccc(F)cc1)C(=O)Cc1cccc(Cl)c1. The fraction of sp³-hybridized carbons (Fsp3) is 0.286.